The van der Waals surface area contributed by atoms with Gasteiger partial charge in [0.25, 0.3) is 6.48 Å². The molecule has 0 aliphatic heterocycles. The van der Waals surface area contributed by atoms with Crippen molar-refractivity contribution in [1.29, 1.82) is 0 Å². The second-order valence-corrected chi connectivity index (χ2v) is 4.91. The molecule has 0 heterocycles. The highest BCUT2D eigenvalue weighted by Gasteiger charge is 2.08. The van der Waals surface area contributed by atoms with Crippen molar-refractivity contribution in [1.82, 2.24) is 0 Å². The summed E-state index contributed by atoms with van der Waals surface area (Å²) in [6.07, 6.45) is 18.7. The lowest BCUT2D eigenvalue weighted by Crippen LogP contribution is -2.22. The molecular weight excluding hydrogens is 276 g/mol. The third-order valence-corrected chi connectivity index (χ3v) is 2.82. The van der Waals surface area contributed by atoms with Gasteiger partial charge in [-0.25, -0.2) is 0 Å². The van der Waals surface area contributed by atoms with E-state index in [1.54, 1.807) is 0 Å². The molecule has 0 bridgehead atoms. The Balaban J connectivity index is 3.93. The summed E-state index contributed by atoms with van der Waals surface area (Å²) in [6, 6.07) is 0. The van der Waals surface area contributed by atoms with Crippen LogP contribution >= 0.6 is 0 Å². The van der Waals surface area contributed by atoms with Crippen LogP contribution in [0.3, 0.4) is 0 Å². The monoisotopic (exact) mass is 310 g/mol. The third kappa shape index (κ3) is 15.5. The van der Waals surface area contributed by atoms with Gasteiger partial charge in [0.2, 0.25) is 0 Å². The minimum Gasteiger partial charge on any atom is -0.330 e. The zero-order valence-electron chi connectivity index (χ0n) is 14.6. The second kappa shape index (κ2) is 18.1. The smallest absolute Gasteiger partial charge is 0.271 e. The molecule has 3 heteroatoms. The maximum atomic E-state index is 5.66. The van der Waals surface area contributed by atoms with Crippen LogP contribution < -0.4 is 0 Å². The fraction of sp³-hybridized carbons (Fsp3) is 0.684. The van der Waals surface area contributed by atoms with Crippen LogP contribution in [0, 0.1) is 0 Å². The van der Waals surface area contributed by atoms with Gasteiger partial charge in [0.05, 0.1) is 19.8 Å². The molecule has 0 aliphatic carbocycles. The maximum absolute atomic E-state index is 5.66. The van der Waals surface area contributed by atoms with E-state index in [2.05, 4.69) is 57.2 Å². The molecule has 0 unspecified atom stereocenters. The van der Waals surface area contributed by atoms with Gasteiger partial charge in [0.1, 0.15) is 0 Å². The average Bonchev–Trinajstić information content (AvgIpc) is 2.53. The predicted octanol–water partition coefficient (Wildman–Crippen LogP) is 5.39. The number of rotatable bonds is 15. The van der Waals surface area contributed by atoms with Crippen molar-refractivity contribution >= 4 is 0 Å². The molecule has 0 aromatic heterocycles. The first kappa shape index (κ1) is 21.1. The molecule has 128 valence electrons. The lowest BCUT2D eigenvalue weighted by Gasteiger charge is -2.18. The fourth-order valence-corrected chi connectivity index (χ4v) is 1.69. The molecule has 0 N–H and O–H groups in total. The van der Waals surface area contributed by atoms with Crippen molar-refractivity contribution in [2.45, 2.75) is 65.8 Å². The molecule has 0 radical (unpaired) electrons. The van der Waals surface area contributed by atoms with Crippen molar-refractivity contribution in [2.75, 3.05) is 19.8 Å². The second-order valence-electron chi connectivity index (χ2n) is 4.91. The van der Waals surface area contributed by atoms with E-state index >= 15 is 0 Å². The molecule has 0 fully saturated rings. The quantitative estimate of drug-likeness (QED) is 0.231. The van der Waals surface area contributed by atoms with Gasteiger partial charge in [0, 0.05) is 0 Å². The van der Waals surface area contributed by atoms with Crippen LogP contribution in [0.1, 0.15) is 59.3 Å². The van der Waals surface area contributed by atoms with Gasteiger partial charge in [-0.3, -0.25) is 0 Å². The highest BCUT2D eigenvalue weighted by molar-refractivity contribution is 4.81. The lowest BCUT2D eigenvalue weighted by molar-refractivity contribution is -0.286. The van der Waals surface area contributed by atoms with E-state index in [9.17, 15) is 0 Å². The van der Waals surface area contributed by atoms with Crippen molar-refractivity contribution < 1.29 is 14.2 Å². The van der Waals surface area contributed by atoms with Gasteiger partial charge < -0.3 is 14.2 Å². The highest BCUT2D eigenvalue weighted by atomic mass is 16.8. The third-order valence-electron chi connectivity index (χ3n) is 2.82. The van der Waals surface area contributed by atoms with Gasteiger partial charge in [-0.2, -0.15) is 0 Å². The number of hydrogen-bond donors (Lipinski definition) is 0. The van der Waals surface area contributed by atoms with E-state index in [-0.39, 0.29) is 0 Å². The molecule has 0 aliphatic rings. The Morgan fingerprint density at radius 1 is 0.545 bits per heavy atom. The number of hydrogen-bond acceptors (Lipinski definition) is 3. The van der Waals surface area contributed by atoms with Gasteiger partial charge in [-0.05, 0) is 38.5 Å². The largest absolute Gasteiger partial charge is 0.330 e. The summed E-state index contributed by atoms with van der Waals surface area (Å²) < 4.78 is 17.0. The summed E-state index contributed by atoms with van der Waals surface area (Å²) in [4.78, 5) is 0. The van der Waals surface area contributed by atoms with E-state index in [4.69, 9.17) is 14.2 Å². The molecule has 0 saturated heterocycles. The Hall–Kier alpha value is -0.900. The van der Waals surface area contributed by atoms with Crippen LogP contribution in [0.25, 0.3) is 0 Å². The summed E-state index contributed by atoms with van der Waals surface area (Å²) in [5.74, 6) is 0. The summed E-state index contributed by atoms with van der Waals surface area (Å²) in [5.41, 5.74) is 0. The van der Waals surface area contributed by atoms with Crippen LogP contribution in [0.15, 0.2) is 36.5 Å². The standard InChI is InChI=1S/C19H34O3/c1-4-7-10-13-16-20-19(21-17-14-11-8-5-2)22-18-15-12-9-6-3/h7-12,19H,4-6,13-18H2,1-3H3/b10-7-,11-8-,12-9-. The van der Waals surface area contributed by atoms with E-state index < -0.39 is 6.48 Å². The summed E-state index contributed by atoms with van der Waals surface area (Å²) in [6.45, 7) is 7.68. The molecule has 0 saturated carbocycles. The van der Waals surface area contributed by atoms with Crippen molar-refractivity contribution in [2.24, 2.45) is 0 Å². The first-order chi connectivity index (χ1) is 10.8. The molecule has 0 atom stereocenters. The normalized spacial score (nSPS) is 12.5. The molecule has 0 amide bonds. The van der Waals surface area contributed by atoms with Crippen molar-refractivity contribution in [3.63, 3.8) is 0 Å². The first-order valence-corrected chi connectivity index (χ1v) is 8.64. The van der Waals surface area contributed by atoms with Crippen LogP contribution in [0.4, 0.5) is 0 Å². The lowest BCUT2D eigenvalue weighted by atomic mass is 10.3. The van der Waals surface area contributed by atoms with Gasteiger partial charge in [-0.15, -0.1) is 0 Å². The Morgan fingerprint density at radius 3 is 1.14 bits per heavy atom. The fourth-order valence-electron chi connectivity index (χ4n) is 1.69. The number of ether oxygens (including phenoxy) is 3. The molecule has 0 rings (SSSR count). The van der Waals surface area contributed by atoms with E-state index in [0.717, 1.165) is 38.5 Å². The summed E-state index contributed by atoms with van der Waals surface area (Å²) in [7, 11) is 0. The maximum Gasteiger partial charge on any atom is 0.271 e. The van der Waals surface area contributed by atoms with Gasteiger partial charge in [0.15, 0.2) is 0 Å². The van der Waals surface area contributed by atoms with Gasteiger partial charge >= 0.3 is 0 Å². The average molecular weight is 310 g/mol. The zero-order chi connectivity index (χ0) is 16.3. The number of allylic oxidation sites excluding steroid dienone is 3. The SMILES string of the molecule is CC/C=C\CCOC(OCC/C=C\CC)OCC/C=C\CC. The Morgan fingerprint density at radius 2 is 0.864 bits per heavy atom. The Kier molecular flexibility index (Phi) is 17.4. The minimum atomic E-state index is -0.555. The van der Waals surface area contributed by atoms with E-state index in [0.29, 0.717) is 19.8 Å². The molecule has 0 aromatic carbocycles. The van der Waals surface area contributed by atoms with Crippen LogP contribution in [-0.4, -0.2) is 26.3 Å². The molecular formula is C19H34O3. The van der Waals surface area contributed by atoms with Crippen LogP contribution in [0.2, 0.25) is 0 Å². The zero-order valence-corrected chi connectivity index (χ0v) is 14.6. The van der Waals surface area contributed by atoms with Crippen molar-refractivity contribution in [3.8, 4) is 0 Å². The Labute approximate surface area is 137 Å². The van der Waals surface area contributed by atoms with Crippen molar-refractivity contribution in [3.05, 3.63) is 36.5 Å². The predicted molar refractivity (Wildman–Crippen MR) is 93.8 cm³/mol. The van der Waals surface area contributed by atoms with Crippen LogP contribution in [0.5, 0.6) is 0 Å². The van der Waals surface area contributed by atoms with Crippen LogP contribution in [-0.2, 0) is 14.2 Å². The first-order valence-electron chi connectivity index (χ1n) is 8.64. The van der Waals surface area contributed by atoms with Gasteiger partial charge in [-0.1, -0.05) is 57.2 Å². The molecule has 0 aromatic rings. The molecule has 22 heavy (non-hydrogen) atoms. The topological polar surface area (TPSA) is 27.7 Å². The Bertz CT molecular complexity index is 248. The molecule has 3 nitrogen and oxygen atoms in total. The van der Waals surface area contributed by atoms with E-state index in [1.165, 1.54) is 0 Å². The molecule has 0 spiro atoms. The highest BCUT2D eigenvalue weighted by Crippen LogP contribution is 2.03. The van der Waals surface area contributed by atoms with E-state index in [1.807, 2.05) is 0 Å². The summed E-state index contributed by atoms with van der Waals surface area (Å²) in [5, 5.41) is 0. The summed E-state index contributed by atoms with van der Waals surface area (Å²) >= 11 is 0. The minimum absolute atomic E-state index is 0.555.